The average Bonchev–Trinajstić information content (AvgIpc) is 2.90. The third-order valence-corrected chi connectivity index (χ3v) is 4.36. The van der Waals surface area contributed by atoms with Crippen LogP contribution in [0.4, 0.5) is 11.9 Å². The van der Waals surface area contributed by atoms with E-state index in [4.69, 9.17) is 27.4 Å². The first-order valence-electron chi connectivity index (χ1n) is 6.99. The van der Waals surface area contributed by atoms with Crippen molar-refractivity contribution < 1.29 is 14.3 Å². The van der Waals surface area contributed by atoms with Crippen LogP contribution in [-0.4, -0.2) is 63.7 Å². The summed E-state index contributed by atoms with van der Waals surface area (Å²) in [5, 5.41) is 8.00. The van der Waals surface area contributed by atoms with Crippen LogP contribution < -0.4 is 10.6 Å². The van der Waals surface area contributed by atoms with Crippen molar-refractivity contribution in [1.82, 2.24) is 14.8 Å². The maximum Gasteiger partial charge on any atom is 0.306 e. The van der Waals surface area contributed by atoms with Gasteiger partial charge in [-0.3, -0.25) is 4.79 Å². The number of esters is 1. The maximum absolute atomic E-state index is 11.3. The molecule has 1 aromatic heterocycles. The Morgan fingerprint density at radius 3 is 2.86 bits per heavy atom. The van der Waals surface area contributed by atoms with Crippen LogP contribution in [0.25, 0.3) is 0 Å². The van der Waals surface area contributed by atoms with Gasteiger partial charge in [-0.2, -0.15) is 0 Å². The van der Waals surface area contributed by atoms with E-state index in [2.05, 4.69) is 10.2 Å². The molecule has 0 bridgehead atoms. The number of thiocarbonyl (C=S) groups is 1. The monoisotopic (exact) mass is 345 g/mol. The van der Waals surface area contributed by atoms with Crippen molar-refractivity contribution in [3.8, 4) is 0 Å². The Hall–Kier alpha value is -1.39. The zero-order valence-corrected chi connectivity index (χ0v) is 14.0. The van der Waals surface area contributed by atoms with Crippen LogP contribution >= 0.6 is 24.0 Å². The van der Waals surface area contributed by atoms with E-state index in [9.17, 15) is 4.79 Å². The van der Waals surface area contributed by atoms with E-state index in [1.165, 1.54) is 11.8 Å². The number of hydrogen-bond acceptors (Lipinski definition) is 9. The molecule has 22 heavy (non-hydrogen) atoms. The quantitative estimate of drug-likeness (QED) is 0.605. The van der Waals surface area contributed by atoms with Gasteiger partial charge in [-0.15, -0.1) is 10.2 Å². The lowest BCUT2D eigenvalue weighted by atomic mass is 10.4. The van der Waals surface area contributed by atoms with Crippen molar-refractivity contribution in [1.29, 1.82) is 0 Å². The van der Waals surface area contributed by atoms with Crippen molar-refractivity contribution in [2.24, 2.45) is 0 Å². The lowest BCUT2D eigenvalue weighted by Crippen LogP contribution is -2.38. The lowest BCUT2D eigenvalue weighted by Gasteiger charge is -2.27. The van der Waals surface area contributed by atoms with Crippen molar-refractivity contribution in [3.05, 3.63) is 0 Å². The predicted molar refractivity (Wildman–Crippen MR) is 89.2 cm³/mol. The molecule has 1 saturated heterocycles. The summed E-state index contributed by atoms with van der Waals surface area (Å²) >= 11 is 6.75. The van der Waals surface area contributed by atoms with Crippen molar-refractivity contribution in [3.63, 3.8) is 0 Å². The molecule has 0 aromatic carbocycles. The average molecular weight is 345 g/mol. The number of thioether (sulfide) groups is 1. The smallest absolute Gasteiger partial charge is 0.306 e. The topological polar surface area (TPSA) is 95.5 Å². The minimum absolute atomic E-state index is 0.233. The van der Waals surface area contributed by atoms with E-state index >= 15 is 0 Å². The Bertz CT molecular complexity index is 531. The van der Waals surface area contributed by atoms with Gasteiger partial charge in [-0.1, -0.05) is 24.0 Å². The molecule has 0 radical (unpaired) electrons. The molecule has 0 saturated carbocycles. The zero-order valence-electron chi connectivity index (χ0n) is 12.4. The molecule has 1 aromatic rings. The fraction of sp³-hybridized carbons (Fsp3) is 0.667. The normalized spacial score (nSPS) is 14.9. The van der Waals surface area contributed by atoms with E-state index in [0.717, 1.165) is 0 Å². The molecule has 0 amide bonds. The fourth-order valence-corrected chi connectivity index (χ4v) is 3.12. The van der Waals surface area contributed by atoms with Crippen molar-refractivity contribution in [2.75, 3.05) is 49.3 Å². The number of morpholine rings is 1. The first-order valence-corrected chi connectivity index (χ1v) is 8.39. The molecule has 1 aliphatic rings. The number of ether oxygens (including phenoxy) is 2. The van der Waals surface area contributed by atoms with Gasteiger partial charge in [0.1, 0.15) is 4.32 Å². The predicted octanol–water partition coefficient (Wildman–Crippen LogP) is 0.516. The number of nitrogens with zero attached hydrogens (tertiary/aromatic N) is 4. The standard InChI is InChI=1S/C12H19N5O3S2/c1-2-20-9(18)3-8-22-12(21)17-10(13)14-15-11(17)16-4-6-19-7-5-16/h2-8H2,1H3,(H2,13,14). The Morgan fingerprint density at radius 2 is 2.18 bits per heavy atom. The van der Waals surface area contributed by atoms with E-state index in [0.29, 0.717) is 55.4 Å². The van der Waals surface area contributed by atoms with Crippen LogP contribution in [-0.2, 0) is 14.3 Å². The molecule has 2 N–H and O–H groups in total. The number of anilines is 2. The first kappa shape index (κ1) is 17.0. The first-order chi connectivity index (χ1) is 10.6. The van der Waals surface area contributed by atoms with Crippen LogP contribution in [0.15, 0.2) is 0 Å². The highest BCUT2D eigenvalue weighted by Crippen LogP contribution is 2.21. The lowest BCUT2D eigenvalue weighted by molar-refractivity contribution is -0.142. The summed E-state index contributed by atoms with van der Waals surface area (Å²) < 4.78 is 12.4. The second-order valence-electron chi connectivity index (χ2n) is 4.46. The Balaban J connectivity index is 1.97. The largest absolute Gasteiger partial charge is 0.466 e. The highest BCUT2D eigenvalue weighted by atomic mass is 32.2. The van der Waals surface area contributed by atoms with Crippen LogP contribution in [0.3, 0.4) is 0 Å². The number of aromatic nitrogens is 3. The fourth-order valence-electron chi connectivity index (χ4n) is 1.95. The van der Waals surface area contributed by atoms with Gasteiger partial charge >= 0.3 is 5.97 Å². The number of carbonyl (C=O) groups is 1. The SMILES string of the molecule is CCOC(=O)CCSC(=S)n1c(N)nnc1N1CCOCC1. The molecule has 0 aliphatic carbocycles. The molecule has 0 unspecified atom stereocenters. The molecule has 8 nitrogen and oxygen atoms in total. The Morgan fingerprint density at radius 1 is 1.45 bits per heavy atom. The summed E-state index contributed by atoms with van der Waals surface area (Å²) in [4.78, 5) is 13.4. The summed E-state index contributed by atoms with van der Waals surface area (Å²) in [5.41, 5.74) is 5.87. The minimum Gasteiger partial charge on any atom is -0.466 e. The van der Waals surface area contributed by atoms with Crippen LogP contribution in [0.5, 0.6) is 0 Å². The van der Waals surface area contributed by atoms with Crippen LogP contribution in [0, 0.1) is 0 Å². The van der Waals surface area contributed by atoms with Gasteiger partial charge in [0.2, 0.25) is 11.9 Å². The van der Waals surface area contributed by atoms with E-state index in [-0.39, 0.29) is 11.9 Å². The molecule has 1 aliphatic heterocycles. The van der Waals surface area contributed by atoms with Gasteiger partial charge in [0.05, 0.1) is 26.2 Å². The minimum atomic E-state index is -0.233. The van der Waals surface area contributed by atoms with E-state index in [1.807, 2.05) is 4.90 Å². The molecule has 0 atom stereocenters. The number of carbonyl (C=O) groups excluding carboxylic acids is 1. The van der Waals surface area contributed by atoms with Gasteiger partial charge in [0, 0.05) is 18.8 Å². The summed E-state index contributed by atoms with van der Waals surface area (Å²) in [5.74, 6) is 1.16. The highest BCUT2D eigenvalue weighted by molar-refractivity contribution is 8.23. The number of nitrogens with two attached hydrogens (primary N) is 1. The second kappa shape index (κ2) is 8.30. The van der Waals surface area contributed by atoms with Gasteiger partial charge in [-0.05, 0) is 6.92 Å². The summed E-state index contributed by atoms with van der Waals surface area (Å²) in [7, 11) is 0. The second-order valence-corrected chi connectivity index (χ2v) is 6.19. The Kier molecular flexibility index (Phi) is 6.40. The van der Waals surface area contributed by atoms with Crippen LogP contribution in [0.2, 0.25) is 0 Å². The molecule has 1 fully saturated rings. The van der Waals surface area contributed by atoms with Gasteiger partial charge in [0.15, 0.2) is 0 Å². The Labute approximate surface area is 138 Å². The molecular formula is C12H19N5O3S2. The summed E-state index contributed by atoms with van der Waals surface area (Å²) in [6, 6.07) is 0. The van der Waals surface area contributed by atoms with E-state index < -0.39 is 0 Å². The maximum atomic E-state index is 11.3. The van der Waals surface area contributed by atoms with Crippen molar-refractivity contribution >= 4 is 46.2 Å². The van der Waals surface area contributed by atoms with Gasteiger partial charge in [-0.25, -0.2) is 4.57 Å². The molecule has 2 rings (SSSR count). The van der Waals surface area contributed by atoms with Gasteiger partial charge < -0.3 is 20.1 Å². The summed E-state index contributed by atoms with van der Waals surface area (Å²) in [6.07, 6.45) is 0.299. The van der Waals surface area contributed by atoms with Gasteiger partial charge in [0.25, 0.3) is 0 Å². The van der Waals surface area contributed by atoms with E-state index in [1.54, 1.807) is 11.5 Å². The molecule has 2 heterocycles. The highest BCUT2D eigenvalue weighted by Gasteiger charge is 2.21. The molecule has 0 spiro atoms. The number of rotatable bonds is 5. The molecule has 10 heteroatoms. The third kappa shape index (κ3) is 4.31. The van der Waals surface area contributed by atoms with Crippen LogP contribution in [0.1, 0.15) is 13.3 Å². The number of nitrogen functional groups attached to an aromatic ring is 1. The number of hydrogen-bond donors (Lipinski definition) is 1. The zero-order chi connectivity index (χ0) is 15.9. The molecular weight excluding hydrogens is 326 g/mol. The third-order valence-electron chi connectivity index (χ3n) is 2.98. The van der Waals surface area contributed by atoms with Crippen molar-refractivity contribution in [2.45, 2.75) is 13.3 Å². The molecule has 122 valence electrons. The summed E-state index contributed by atoms with van der Waals surface area (Å²) in [6.45, 7) is 4.86.